The second-order valence-electron chi connectivity index (χ2n) is 11.4. The maximum absolute atomic E-state index is 12.1. The number of anilines is 1. The lowest BCUT2D eigenvalue weighted by molar-refractivity contribution is -0.128. The first-order valence-corrected chi connectivity index (χ1v) is 13.9. The van der Waals surface area contributed by atoms with Crippen molar-refractivity contribution in [2.45, 2.75) is 69.6 Å². The molecular weight excluding hydrogens is 480 g/mol. The molecule has 1 saturated carbocycles. The Balaban J connectivity index is 1.20. The fourth-order valence-corrected chi connectivity index (χ4v) is 6.47. The second kappa shape index (κ2) is 10.2. The lowest BCUT2D eigenvalue weighted by Crippen LogP contribution is -2.53. The van der Waals surface area contributed by atoms with Gasteiger partial charge in [-0.2, -0.15) is 0 Å². The Morgan fingerprint density at radius 1 is 1.24 bits per heavy atom. The summed E-state index contributed by atoms with van der Waals surface area (Å²) >= 11 is 0. The van der Waals surface area contributed by atoms with Gasteiger partial charge in [0, 0.05) is 31.0 Å². The number of hydrogen-bond acceptors (Lipinski definition) is 7. The molecule has 1 aliphatic carbocycles. The van der Waals surface area contributed by atoms with E-state index < -0.39 is 5.54 Å². The molecule has 9 heteroatoms. The summed E-state index contributed by atoms with van der Waals surface area (Å²) in [6.07, 6.45) is 11.2. The van der Waals surface area contributed by atoms with E-state index in [4.69, 9.17) is 20.9 Å². The highest BCUT2D eigenvalue weighted by molar-refractivity contribution is 6.00. The quantitative estimate of drug-likeness (QED) is 0.463. The average molecular weight is 519 g/mol. The third-order valence-electron chi connectivity index (χ3n) is 8.90. The minimum Gasteiger partial charge on any atom is -0.491 e. The van der Waals surface area contributed by atoms with Crippen LogP contribution >= 0.6 is 0 Å². The van der Waals surface area contributed by atoms with Crippen LogP contribution < -0.4 is 16.2 Å². The van der Waals surface area contributed by atoms with Crippen molar-refractivity contribution in [3.63, 3.8) is 0 Å². The number of nitrogen functional groups attached to an aromatic ring is 1. The molecule has 3 fully saturated rings. The third-order valence-corrected chi connectivity index (χ3v) is 8.90. The Morgan fingerprint density at radius 3 is 2.89 bits per heavy atom. The number of likely N-dealkylation sites (tertiary alicyclic amines) is 1. The van der Waals surface area contributed by atoms with E-state index in [1.165, 1.54) is 6.42 Å². The molecule has 4 heterocycles. The molecule has 38 heavy (non-hydrogen) atoms. The van der Waals surface area contributed by atoms with Gasteiger partial charge in [-0.15, -0.1) is 0 Å². The van der Waals surface area contributed by atoms with Crippen molar-refractivity contribution in [2.24, 2.45) is 11.7 Å². The third kappa shape index (κ3) is 4.62. The molecule has 0 spiro atoms. The highest BCUT2D eigenvalue weighted by Gasteiger charge is 2.44. The van der Waals surface area contributed by atoms with Crippen molar-refractivity contribution in [1.82, 2.24) is 19.4 Å². The van der Waals surface area contributed by atoms with E-state index in [0.29, 0.717) is 24.4 Å². The smallest absolute Gasteiger partial charge is 0.237 e. The molecule has 2 atom stereocenters. The summed E-state index contributed by atoms with van der Waals surface area (Å²) in [6, 6.07) is 8.48. The SMILES string of the molecule is C[C@@]1(C(N)=O)CCCN1C[C@H]1C[C@H](n2cc(-c3cccc(OCC4CCCCO4)c3)c3c(N)ncnc32)C1. The zero-order valence-electron chi connectivity index (χ0n) is 22.1. The fourth-order valence-electron chi connectivity index (χ4n) is 6.47. The molecule has 0 radical (unpaired) electrons. The van der Waals surface area contributed by atoms with Gasteiger partial charge in [-0.1, -0.05) is 12.1 Å². The van der Waals surface area contributed by atoms with Crippen LogP contribution in [0.1, 0.15) is 57.9 Å². The number of amides is 1. The number of nitrogens with zero attached hydrogens (tertiary/aromatic N) is 4. The molecule has 2 saturated heterocycles. The first kappa shape index (κ1) is 25.1. The molecule has 9 nitrogen and oxygen atoms in total. The molecule has 202 valence electrons. The van der Waals surface area contributed by atoms with Gasteiger partial charge in [-0.05, 0) is 82.0 Å². The number of ether oxygens (including phenoxy) is 2. The number of rotatable bonds is 8. The van der Waals surface area contributed by atoms with Crippen molar-refractivity contribution in [3.8, 4) is 16.9 Å². The molecule has 6 rings (SSSR count). The van der Waals surface area contributed by atoms with Crippen LogP contribution in [0.3, 0.4) is 0 Å². The molecule has 1 amide bonds. The van der Waals surface area contributed by atoms with Crippen LogP contribution in [0.5, 0.6) is 5.75 Å². The van der Waals surface area contributed by atoms with Gasteiger partial charge in [0.25, 0.3) is 0 Å². The van der Waals surface area contributed by atoms with Crippen LogP contribution in [0.4, 0.5) is 5.82 Å². The molecule has 1 unspecified atom stereocenters. The van der Waals surface area contributed by atoms with Gasteiger partial charge >= 0.3 is 0 Å². The number of primary amides is 1. The van der Waals surface area contributed by atoms with Gasteiger partial charge in [-0.3, -0.25) is 9.69 Å². The first-order valence-electron chi connectivity index (χ1n) is 13.9. The lowest BCUT2D eigenvalue weighted by Gasteiger charge is -2.42. The van der Waals surface area contributed by atoms with Crippen molar-refractivity contribution in [2.75, 3.05) is 32.0 Å². The van der Waals surface area contributed by atoms with Crippen LogP contribution in [-0.4, -0.2) is 63.3 Å². The van der Waals surface area contributed by atoms with E-state index >= 15 is 0 Å². The summed E-state index contributed by atoms with van der Waals surface area (Å²) in [7, 11) is 0. The Bertz CT molecular complexity index is 1310. The lowest BCUT2D eigenvalue weighted by atomic mass is 9.79. The summed E-state index contributed by atoms with van der Waals surface area (Å²) in [5.41, 5.74) is 14.5. The topological polar surface area (TPSA) is 122 Å². The number of hydrogen-bond donors (Lipinski definition) is 2. The Morgan fingerprint density at radius 2 is 2.11 bits per heavy atom. The van der Waals surface area contributed by atoms with E-state index in [0.717, 1.165) is 86.1 Å². The van der Waals surface area contributed by atoms with Gasteiger partial charge in [0.1, 0.15) is 30.1 Å². The minimum absolute atomic E-state index is 0.159. The minimum atomic E-state index is -0.518. The maximum Gasteiger partial charge on any atom is 0.237 e. The summed E-state index contributed by atoms with van der Waals surface area (Å²) in [5, 5.41) is 0.879. The summed E-state index contributed by atoms with van der Waals surface area (Å²) in [4.78, 5) is 23.3. The Hall–Kier alpha value is -3.17. The van der Waals surface area contributed by atoms with Gasteiger partial charge in [0.2, 0.25) is 5.91 Å². The van der Waals surface area contributed by atoms with E-state index in [-0.39, 0.29) is 12.0 Å². The summed E-state index contributed by atoms with van der Waals surface area (Å²) in [6.45, 7) is 5.21. The predicted molar refractivity (Wildman–Crippen MR) is 147 cm³/mol. The normalized spacial score (nSPS) is 27.9. The fraction of sp³-hybridized carbons (Fsp3) is 0.552. The largest absolute Gasteiger partial charge is 0.491 e. The zero-order chi connectivity index (χ0) is 26.3. The van der Waals surface area contributed by atoms with Crippen LogP contribution in [0.15, 0.2) is 36.8 Å². The van der Waals surface area contributed by atoms with Gasteiger partial charge in [0.05, 0.1) is 17.0 Å². The molecular formula is C29H38N6O3. The van der Waals surface area contributed by atoms with E-state index in [1.54, 1.807) is 6.33 Å². The van der Waals surface area contributed by atoms with Crippen molar-refractivity contribution in [1.29, 1.82) is 0 Å². The number of benzene rings is 1. The number of fused-ring (bicyclic) bond motifs is 1. The highest BCUT2D eigenvalue weighted by atomic mass is 16.5. The zero-order valence-corrected chi connectivity index (χ0v) is 22.1. The van der Waals surface area contributed by atoms with Crippen molar-refractivity contribution in [3.05, 3.63) is 36.8 Å². The number of aromatic nitrogens is 3. The van der Waals surface area contributed by atoms with Crippen molar-refractivity contribution < 1.29 is 14.3 Å². The summed E-state index contributed by atoms with van der Waals surface area (Å²) < 4.78 is 14.2. The highest BCUT2D eigenvalue weighted by Crippen LogP contribution is 2.44. The van der Waals surface area contributed by atoms with Crippen LogP contribution in [0.2, 0.25) is 0 Å². The number of carbonyl (C=O) groups excluding carboxylic acids is 1. The Kier molecular flexibility index (Phi) is 6.74. The van der Waals surface area contributed by atoms with Crippen LogP contribution in [-0.2, 0) is 9.53 Å². The molecule has 0 bridgehead atoms. The van der Waals surface area contributed by atoms with Crippen LogP contribution in [0.25, 0.3) is 22.2 Å². The predicted octanol–water partition coefficient (Wildman–Crippen LogP) is 3.92. The molecule has 2 aromatic heterocycles. The monoisotopic (exact) mass is 518 g/mol. The van der Waals surface area contributed by atoms with E-state index in [9.17, 15) is 4.79 Å². The number of carbonyl (C=O) groups is 1. The number of nitrogens with two attached hydrogens (primary N) is 2. The van der Waals surface area contributed by atoms with E-state index in [2.05, 4.69) is 37.8 Å². The maximum atomic E-state index is 12.1. The summed E-state index contributed by atoms with van der Waals surface area (Å²) in [5.74, 6) is 1.61. The van der Waals surface area contributed by atoms with E-state index in [1.807, 2.05) is 19.1 Å². The Labute approximate surface area is 223 Å². The second-order valence-corrected chi connectivity index (χ2v) is 11.4. The molecule has 2 aliphatic heterocycles. The van der Waals surface area contributed by atoms with Gasteiger partial charge in [-0.25, -0.2) is 9.97 Å². The van der Waals surface area contributed by atoms with Gasteiger partial charge < -0.3 is 25.5 Å². The van der Waals surface area contributed by atoms with Crippen LogP contribution in [0, 0.1) is 5.92 Å². The average Bonchev–Trinajstić information content (AvgIpc) is 3.48. The van der Waals surface area contributed by atoms with Crippen molar-refractivity contribution >= 4 is 22.8 Å². The molecule has 3 aliphatic rings. The molecule has 3 aromatic rings. The molecule has 4 N–H and O–H groups in total. The van der Waals surface area contributed by atoms with Gasteiger partial charge in [0.15, 0.2) is 0 Å². The standard InChI is InChI=1S/C29H38N6O3/c1-29(28(31)36)9-5-10-34(29)15-19-12-21(13-19)35-16-24(25-26(30)32-18-33-27(25)35)20-6-4-8-22(14-20)38-17-23-7-2-3-11-37-23/h4,6,8,14,16,18-19,21,23H,2-3,5,7,9-13,15,17H2,1H3,(H2,31,36)(H2,30,32,33)/t19-,21-,23?,29-/m0/s1. The molecule has 1 aromatic carbocycles. The first-order chi connectivity index (χ1) is 18.4.